The number of carbonyl (C=O) groups is 2. The number of nitrogens with zero attached hydrogens (tertiary/aromatic N) is 1. The van der Waals surface area contributed by atoms with Crippen LogP contribution < -0.4 is 15.4 Å². The Kier molecular flexibility index (Phi) is 7.14. The molecule has 0 aliphatic carbocycles. The van der Waals surface area contributed by atoms with E-state index in [1.54, 1.807) is 36.5 Å². The first kappa shape index (κ1) is 21.7. The van der Waals surface area contributed by atoms with Gasteiger partial charge in [-0.3, -0.25) is 9.59 Å². The van der Waals surface area contributed by atoms with Crippen LogP contribution in [0.15, 0.2) is 72.2 Å². The summed E-state index contributed by atoms with van der Waals surface area (Å²) in [5.74, 6) is -0.508. The van der Waals surface area contributed by atoms with Gasteiger partial charge in [0, 0.05) is 17.3 Å². The van der Waals surface area contributed by atoms with Crippen molar-refractivity contribution >= 4 is 17.5 Å². The molecule has 1 aromatic heterocycles. The van der Waals surface area contributed by atoms with E-state index in [-0.39, 0.29) is 0 Å². The Bertz CT molecular complexity index is 928. The van der Waals surface area contributed by atoms with E-state index in [0.717, 1.165) is 5.57 Å². The van der Waals surface area contributed by atoms with Gasteiger partial charge in [0.1, 0.15) is 5.75 Å². The van der Waals surface area contributed by atoms with Crippen molar-refractivity contribution < 1.29 is 18.7 Å². The Morgan fingerprint density at radius 2 is 2.03 bits per heavy atom. The van der Waals surface area contributed by atoms with Crippen molar-refractivity contribution in [3.05, 3.63) is 67.7 Å². The first-order chi connectivity index (χ1) is 13.8. The van der Waals surface area contributed by atoms with E-state index in [9.17, 15) is 9.59 Å². The summed E-state index contributed by atoms with van der Waals surface area (Å²) in [6.07, 6.45) is 8.53. The van der Waals surface area contributed by atoms with E-state index >= 15 is 0 Å². The number of aromatic nitrogens is 1. The van der Waals surface area contributed by atoms with E-state index in [1.807, 2.05) is 19.9 Å². The molecule has 7 nitrogen and oxygen atoms in total. The molecule has 0 radical (unpaired) electrons. The standard InChI is InChI=1S/C22H25N3O4/c1-6-8-15(7-2)12-22(3,4)25-21(27)20(26)24-16-9-10-17(18(11-16)28-5)19-13-23-14-29-19/h6-11,13-14H,1-2,12H2,3-5H3,(H,24,26)(H,25,27). The summed E-state index contributed by atoms with van der Waals surface area (Å²) < 4.78 is 10.6. The normalized spacial score (nSPS) is 11.5. The molecule has 2 N–H and O–H groups in total. The number of hydrogen-bond acceptors (Lipinski definition) is 5. The number of nitrogens with one attached hydrogen (secondary N) is 2. The maximum absolute atomic E-state index is 12.4. The molecule has 1 aromatic carbocycles. The summed E-state index contributed by atoms with van der Waals surface area (Å²) in [5.41, 5.74) is 1.35. The van der Waals surface area contributed by atoms with Crippen molar-refractivity contribution in [1.29, 1.82) is 0 Å². The first-order valence-corrected chi connectivity index (χ1v) is 8.94. The van der Waals surface area contributed by atoms with Gasteiger partial charge >= 0.3 is 11.8 Å². The Morgan fingerprint density at radius 1 is 1.28 bits per heavy atom. The quantitative estimate of drug-likeness (QED) is 0.523. The van der Waals surface area contributed by atoms with Crippen LogP contribution in [0.5, 0.6) is 5.75 Å². The van der Waals surface area contributed by atoms with Crippen LogP contribution in [0.4, 0.5) is 5.69 Å². The maximum atomic E-state index is 12.4. The highest BCUT2D eigenvalue weighted by atomic mass is 16.5. The molecule has 0 aliphatic rings. The molecule has 1 heterocycles. The van der Waals surface area contributed by atoms with Crippen molar-refractivity contribution in [2.75, 3.05) is 12.4 Å². The van der Waals surface area contributed by atoms with Crippen LogP contribution in [-0.4, -0.2) is 29.4 Å². The lowest BCUT2D eigenvalue weighted by Crippen LogP contribution is -2.48. The van der Waals surface area contributed by atoms with Gasteiger partial charge in [0.25, 0.3) is 0 Å². The summed E-state index contributed by atoms with van der Waals surface area (Å²) in [6, 6.07) is 4.98. The smallest absolute Gasteiger partial charge is 0.313 e. The molecule has 2 rings (SSSR count). The summed E-state index contributed by atoms with van der Waals surface area (Å²) in [6.45, 7) is 11.1. The number of oxazole rings is 1. The predicted molar refractivity (Wildman–Crippen MR) is 112 cm³/mol. The highest BCUT2D eigenvalue weighted by Gasteiger charge is 2.25. The molecule has 0 atom stereocenters. The lowest BCUT2D eigenvalue weighted by Gasteiger charge is -2.26. The van der Waals surface area contributed by atoms with Gasteiger partial charge in [-0.1, -0.05) is 31.4 Å². The van der Waals surface area contributed by atoms with Gasteiger partial charge in [-0.25, -0.2) is 4.98 Å². The van der Waals surface area contributed by atoms with E-state index in [0.29, 0.717) is 29.2 Å². The van der Waals surface area contributed by atoms with Gasteiger partial charge in [-0.2, -0.15) is 0 Å². The molecule has 152 valence electrons. The number of hydrogen-bond donors (Lipinski definition) is 2. The number of allylic oxidation sites excluding steroid dienone is 3. The van der Waals surface area contributed by atoms with Gasteiger partial charge in [-0.15, -0.1) is 0 Å². The van der Waals surface area contributed by atoms with Gasteiger partial charge < -0.3 is 19.8 Å². The molecular formula is C22H25N3O4. The van der Waals surface area contributed by atoms with E-state index in [1.165, 1.54) is 13.5 Å². The van der Waals surface area contributed by atoms with Crippen LogP contribution in [0.2, 0.25) is 0 Å². The second-order valence-corrected chi connectivity index (χ2v) is 6.93. The van der Waals surface area contributed by atoms with Crippen LogP contribution in [0.25, 0.3) is 11.3 Å². The number of rotatable bonds is 8. The van der Waals surface area contributed by atoms with Crippen molar-refractivity contribution in [1.82, 2.24) is 10.3 Å². The molecule has 29 heavy (non-hydrogen) atoms. The van der Waals surface area contributed by atoms with Crippen LogP contribution in [0.1, 0.15) is 20.3 Å². The SMILES string of the molecule is C=CC=C(C=C)CC(C)(C)NC(=O)C(=O)Nc1ccc(-c2cnco2)c(OC)c1. The number of benzene rings is 1. The molecule has 0 aliphatic heterocycles. The van der Waals surface area contributed by atoms with E-state index < -0.39 is 17.4 Å². The molecule has 0 unspecified atom stereocenters. The second kappa shape index (κ2) is 9.54. The Labute approximate surface area is 170 Å². The zero-order chi connectivity index (χ0) is 21.4. The van der Waals surface area contributed by atoms with Crippen molar-refractivity contribution in [2.24, 2.45) is 0 Å². The number of anilines is 1. The van der Waals surface area contributed by atoms with Crippen LogP contribution in [0.3, 0.4) is 0 Å². The zero-order valence-electron chi connectivity index (χ0n) is 16.8. The predicted octanol–water partition coefficient (Wildman–Crippen LogP) is 3.87. The van der Waals surface area contributed by atoms with Gasteiger partial charge in [0.2, 0.25) is 0 Å². The number of methoxy groups -OCH3 is 1. The highest BCUT2D eigenvalue weighted by molar-refractivity contribution is 6.39. The number of ether oxygens (including phenoxy) is 1. The van der Waals surface area contributed by atoms with Crippen molar-refractivity contribution in [3.63, 3.8) is 0 Å². The third-order valence-corrected chi connectivity index (χ3v) is 4.06. The highest BCUT2D eigenvalue weighted by Crippen LogP contribution is 2.32. The summed E-state index contributed by atoms with van der Waals surface area (Å²) in [7, 11) is 1.50. The summed E-state index contributed by atoms with van der Waals surface area (Å²) in [5, 5.41) is 5.31. The van der Waals surface area contributed by atoms with Crippen molar-refractivity contribution in [2.45, 2.75) is 25.8 Å². The molecule has 0 bridgehead atoms. The Balaban J connectivity index is 2.07. The van der Waals surface area contributed by atoms with Crippen molar-refractivity contribution in [3.8, 4) is 17.1 Å². The first-order valence-electron chi connectivity index (χ1n) is 8.94. The molecule has 0 saturated carbocycles. The number of amides is 2. The average molecular weight is 395 g/mol. The second-order valence-electron chi connectivity index (χ2n) is 6.93. The topological polar surface area (TPSA) is 93.5 Å². The minimum Gasteiger partial charge on any atom is -0.496 e. The number of carbonyl (C=O) groups excluding carboxylic acids is 2. The fourth-order valence-electron chi connectivity index (χ4n) is 2.78. The lowest BCUT2D eigenvalue weighted by atomic mass is 9.94. The third-order valence-electron chi connectivity index (χ3n) is 4.06. The molecule has 0 saturated heterocycles. The summed E-state index contributed by atoms with van der Waals surface area (Å²) in [4.78, 5) is 28.6. The van der Waals surface area contributed by atoms with Gasteiger partial charge in [-0.05, 0) is 38.0 Å². The monoisotopic (exact) mass is 395 g/mol. The van der Waals surface area contributed by atoms with Gasteiger partial charge in [0.05, 0.1) is 18.9 Å². The third kappa shape index (κ3) is 5.93. The average Bonchev–Trinajstić information content (AvgIpc) is 3.21. The lowest BCUT2D eigenvalue weighted by molar-refractivity contribution is -0.137. The molecule has 2 aromatic rings. The largest absolute Gasteiger partial charge is 0.496 e. The molecule has 7 heteroatoms. The fourth-order valence-corrected chi connectivity index (χ4v) is 2.78. The Morgan fingerprint density at radius 3 is 2.62 bits per heavy atom. The maximum Gasteiger partial charge on any atom is 0.313 e. The van der Waals surface area contributed by atoms with E-state index in [2.05, 4.69) is 28.8 Å². The molecular weight excluding hydrogens is 370 g/mol. The molecule has 0 spiro atoms. The summed E-state index contributed by atoms with van der Waals surface area (Å²) >= 11 is 0. The zero-order valence-corrected chi connectivity index (χ0v) is 16.8. The Hall–Kier alpha value is -3.61. The van der Waals surface area contributed by atoms with Crippen LogP contribution in [0, 0.1) is 0 Å². The molecule has 0 fully saturated rings. The minimum atomic E-state index is -0.777. The van der Waals surface area contributed by atoms with Crippen LogP contribution in [-0.2, 0) is 9.59 Å². The van der Waals surface area contributed by atoms with Crippen LogP contribution >= 0.6 is 0 Å². The molecule has 2 amide bonds. The van der Waals surface area contributed by atoms with E-state index in [4.69, 9.17) is 9.15 Å². The minimum absolute atomic E-state index is 0.418. The van der Waals surface area contributed by atoms with Gasteiger partial charge in [0.15, 0.2) is 12.2 Å². The fraction of sp³-hybridized carbons (Fsp3) is 0.227.